The number of carbonyl (C=O) groups excluding carboxylic acids is 1. The predicted molar refractivity (Wildman–Crippen MR) is 92.7 cm³/mol. The highest BCUT2D eigenvalue weighted by atomic mass is 32.2. The van der Waals surface area contributed by atoms with Crippen molar-refractivity contribution in [3.63, 3.8) is 0 Å². The minimum atomic E-state index is -0.437. The van der Waals surface area contributed by atoms with Gasteiger partial charge in [-0.25, -0.2) is 0 Å². The zero-order chi connectivity index (χ0) is 16.8. The Kier molecular flexibility index (Phi) is 3.68. The maximum atomic E-state index is 12.6. The van der Waals surface area contributed by atoms with Gasteiger partial charge in [0.1, 0.15) is 11.2 Å². The molecule has 0 saturated heterocycles. The van der Waals surface area contributed by atoms with E-state index in [4.69, 9.17) is 4.99 Å². The van der Waals surface area contributed by atoms with Crippen molar-refractivity contribution in [2.75, 3.05) is 0 Å². The Labute approximate surface area is 143 Å². The molecule has 3 atom stereocenters. The number of nitrogens with one attached hydrogen (secondary N) is 1. The molecule has 1 aliphatic carbocycles. The minimum Gasteiger partial charge on any atom is -0.310 e. The highest BCUT2D eigenvalue weighted by molar-refractivity contribution is 8.04. The molecule has 2 aliphatic heterocycles. The van der Waals surface area contributed by atoms with Gasteiger partial charge < -0.3 is 5.32 Å². The van der Waals surface area contributed by atoms with Crippen LogP contribution in [0.1, 0.15) is 31.7 Å². The van der Waals surface area contributed by atoms with Crippen LogP contribution in [0, 0.1) is 22.0 Å². The lowest BCUT2D eigenvalue weighted by atomic mass is 9.84. The van der Waals surface area contributed by atoms with Crippen LogP contribution < -0.4 is 5.32 Å². The van der Waals surface area contributed by atoms with Crippen LogP contribution in [-0.2, 0) is 4.79 Å². The van der Waals surface area contributed by atoms with Gasteiger partial charge in [-0.1, -0.05) is 6.92 Å². The highest BCUT2D eigenvalue weighted by Crippen LogP contribution is 2.51. The molecule has 1 N–H and O–H groups in total. The quantitative estimate of drug-likeness (QED) is 0.660. The lowest BCUT2D eigenvalue weighted by molar-refractivity contribution is -0.384. The Morgan fingerprint density at radius 2 is 2.08 bits per heavy atom. The van der Waals surface area contributed by atoms with E-state index in [0.29, 0.717) is 17.3 Å². The van der Waals surface area contributed by atoms with E-state index in [-0.39, 0.29) is 22.9 Å². The lowest BCUT2D eigenvalue weighted by Crippen LogP contribution is -2.44. The average Bonchev–Trinajstić information content (AvgIpc) is 2.92. The van der Waals surface area contributed by atoms with Crippen molar-refractivity contribution < 1.29 is 9.72 Å². The third-order valence-corrected chi connectivity index (χ3v) is 6.19. The zero-order valence-corrected chi connectivity index (χ0v) is 14.0. The maximum Gasteiger partial charge on any atom is 0.269 e. The van der Waals surface area contributed by atoms with E-state index in [2.05, 4.69) is 12.2 Å². The van der Waals surface area contributed by atoms with Crippen molar-refractivity contribution in [1.29, 1.82) is 0 Å². The fourth-order valence-electron chi connectivity index (χ4n) is 3.56. The van der Waals surface area contributed by atoms with E-state index < -0.39 is 4.92 Å². The summed E-state index contributed by atoms with van der Waals surface area (Å²) in [6.45, 7) is 2.25. The number of nitro benzene ring substituents is 1. The molecule has 1 amide bonds. The first-order chi connectivity index (χ1) is 11.5. The van der Waals surface area contributed by atoms with E-state index in [1.807, 2.05) is 0 Å². The van der Waals surface area contributed by atoms with Gasteiger partial charge in [0, 0.05) is 17.7 Å². The van der Waals surface area contributed by atoms with Gasteiger partial charge in [0.05, 0.1) is 10.8 Å². The minimum absolute atomic E-state index is 0.00425. The molecule has 0 aromatic heterocycles. The van der Waals surface area contributed by atoms with Crippen LogP contribution in [0.2, 0.25) is 0 Å². The molecular formula is C17H17N3O3S. The Morgan fingerprint density at radius 1 is 1.33 bits per heavy atom. The van der Waals surface area contributed by atoms with Crippen LogP contribution in [0.5, 0.6) is 0 Å². The number of rotatable bonds is 2. The Bertz CT molecular complexity index is 785. The molecule has 1 aromatic rings. The standard InChI is InChI=1S/C17H17N3O3S/c1-9-2-7-12-13(8-9)24-17-14(12)16(21)18-15(19-17)10-3-5-11(6-4-10)20(22)23/h3-6,9,14,17H,2,7-8H2,1H3,(H,18,19,21)/t9-,14+,17-/m1/s1. The molecule has 0 saturated carbocycles. The Morgan fingerprint density at radius 3 is 2.79 bits per heavy atom. The highest BCUT2D eigenvalue weighted by Gasteiger charge is 2.44. The summed E-state index contributed by atoms with van der Waals surface area (Å²) < 4.78 is 0. The van der Waals surface area contributed by atoms with Crippen molar-refractivity contribution >= 4 is 29.2 Å². The van der Waals surface area contributed by atoms with Crippen molar-refractivity contribution in [3.05, 3.63) is 50.4 Å². The van der Waals surface area contributed by atoms with Gasteiger partial charge in [-0.05, 0) is 47.8 Å². The van der Waals surface area contributed by atoms with Gasteiger partial charge in [0.15, 0.2) is 0 Å². The summed E-state index contributed by atoms with van der Waals surface area (Å²) in [7, 11) is 0. The van der Waals surface area contributed by atoms with Crippen molar-refractivity contribution in [3.8, 4) is 0 Å². The summed E-state index contributed by atoms with van der Waals surface area (Å²) in [4.78, 5) is 29.0. The number of fused-ring (bicyclic) bond motifs is 2. The zero-order valence-electron chi connectivity index (χ0n) is 13.2. The summed E-state index contributed by atoms with van der Waals surface area (Å²) in [5.41, 5.74) is 2.00. The molecule has 7 heteroatoms. The van der Waals surface area contributed by atoms with Gasteiger partial charge in [0.25, 0.3) is 5.69 Å². The summed E-state index contributed by atoms with van der Waals surface area (Å²) in [6, 6.07) is 6.13. The van der Waals surface area contributed by atoms with Crippen molar-refractivity contribution in [2.45, 2.75) is 31.6 Å². The number of aliphatic imine (C=N–C) groups is 1. The van der Waals surface area contributed by atoms with Gasteiger partial charge in [0.2, 0.25) is 5.91 Å². The number of non-ortho nitro benzene ring substituents is 1. The molecule has 124 valence electrons. The molecule has 0 unspecified atom stereocenters. The normalized spacial score (nSPS) is 28.8. The topological polar surface area (TPSA) is 84.6 Å². The number of hydrogen-bond donors (Lipinski definition) is 1. The number of carbonyl (C=O) groups is 1. The smallest absolute Gasteiger partial charge is 0.269 e. The molecule has 1 aromatic carbocycles. The fourth-order valence-corrected chi connectivity index (χ4v) is 5.19. The molecule has 0 fully saturated rings. The van der Waals surface area contributed by atoms with E-state index >= 15 is 0 Å². The maximum absolute atomic E-state index is 12.6. The van der Waals surface area contributed by atoms with E-state index in [0.717, 1.165) is 19.3 Å². The third kappa shape index (κ3) is 2.53. The summed E-state index contributed by atoms with van der Waals surface area (Å²) in [5, 5.41) is 13.6. The molecule has 3 aliphatic rings. The van der Waals surface area contributed by atoms with Crippen LogP contribution in [-0.4, -0.2) is 22.0 Å². The van der Waals surface area contributed by atoms with E-state index in [1.165, 1.54) is 22.6 Å². The summed E-state index contributed by atoms with van der Waals surface area (Å²) >= 11 is 1.72. The summed E-state index contributed by atoms with van der Waals surface area (Å²) in [6.07, 6.45) is 3.16. The lowest BCUT2D eigenvalue weighted by Gasteiger charge is -2.26. The molecule has 24 heavy (non-hydrogen) atoms. The first-order valence-electron chi connectivity index (χ1n) is 8.05. The molecule has 2 heterocycles. The first kappa shape index (κ1) is 15.4. The van der Waals surface area contributed by atoms with E-state index in [1.54, 1.807) is 23.9 Å². The molecule has 0 radical (unpaired) electrons. The Hall–Kier alpha value is -2.15. The number of hydrogen-bond acceptors (Lipinski definition) is 5. The number of amidine groups is 1. The second-order valence-electron chi connectivity index (χ2n) is 6.55. The van der Waals surface area contributed by atoms with Gasteiger partial charge in [-0.2, -0.15) is 0 Å². The number of thioether (sulfide) groups is 1. The van der Waals surface area contributed by atoms with Gasteiger partial charge in [-0.15, -0.1) is 11.8 Å². The first-order valence-corrected chi connectivity index (χ1v) is 8.93. The molecule has 0 spiro atoms. The number of allylic oxidation sites excluding steroid dienone is 1. The molecule has 0 bridgehead atoms. The monoisotopic (exact) mass is 343 g/mol. The van der Waals surface area contributed by atoms with Crippen LogP contribution in [0.3, 0.4) is 0 Å². The fraction of sp³-hybridized carbons (Fsp3) is 0.412. The average molecular weight is 343 g/mol. The number of amides is 1. The van der Waals surface area contributed by atoms with Crippen LogP contribution in [0.15, 0.2) is 39.7 Å². The predicted octanol–water partition coefficient (Wildman–Crippen LogP) is 3.23. The number of benzene rings is 1. The second-order valence-corrected chi connectivity index (χ2v) is 7.76. The molecule has 4 rings (SSSR count). The number of nitrogens with zero attached hydrogens (tertiary/aromatic N) is 2. The SMILES string of the molecule is C[C@@H]1CCC2=C(C1)S[C@H]1N=C(c3ccc([N+](=O)[O-])cc3)NC(=O)[C@H]21. The van der Waals surface area contributed by atoms with Crippen molar-refractivity contribution in [2.24, 2.45) is 16.8 Å². The van der Waals surface area contributed by atoms with E-state index in [9.17, 15) is 14.9 Å². The van der Waals surface area contributed by atoms with Crippen molar-refractivity contribution in [1.82, 2.24) is 5.32 Å². The Balaban J connectivity index is 1.62. The molecule has 6 nitrogen and oxygen atoms in total. The number of nitro groups is 1. The summed E-state index contributed by atoms with van der Waals surface area (Å²) in [5.74, 6) is 1.02. The van der Waals surface area contributed by atoms with Crippen LogP contribution in [0.25, 0.3) is 0 Å². The second kappa shape index (κ2) is 5.73. The molecular weight excluding hydrogens is 326 g/mol. The van der Waals surface area contributed by atoms with Gasteiger partial charge >= 0.3 is 0 Å². The van der Waals surface area contributed by atoms with Gasteiger partial charge in [-0.3, -0.25) is 19.9 Å². The largest absolute Gasteiger partial charge is 0.310 e. The van der Waals surface area contributed by atoms with Crippen LogP contribution in [0.4, 0.5) is 5.69 Å². The third-order valence-electron chi connectivity index (χ3n) is 4.85. The van der Waals surface area contributed by atoms with Crippen LogP contribution >= 0.6 is 11.8 Å².